The maximum absolute atomic E-state index is 14.0. The zero-order valence-corrected chi connectivity index (χ0v) is 25.1. The molecule has 1 aliphatic carbocycles. The molecule has 2 heterocycles. The summed E-state index contributed by atoms with van der Waals surface area (Å²) in [4.78, 5) is 33.8. The maximum Gasteiger partial charge on any atom is 0.281 e. The number of benzene rings is 2. The van der Waals surface area contributed by atoms with Crippen LogP contribution in [-0.4, -0.2) is 48.1 Å². The Kier molecular flexibility index (Phi) is 8.63. The number of hydrogen-bond donors (Lipinski definition) is 1. The summed E-state index contributed by atoms with van der Waals surface area (Å²) in [6, 6.07) is 14.5. The van der Waals surface area contributed by atoms with Gasteiger partial charge in [-0.25, -0.2) is 8.42 Å². The third-order valence-corrected chi connectivity index (χ3v) is 9.23. The van der Waals surface area contributed by atoms with E-state index in [1.807, 2.05) is 13.0 Å². The Balaban J connectivity index is 1.57. The highest BCUT2D eigenvalue weighted by Gasteiger charge is 2.32. The summed E-state index contributed by atoms with van der Waals surface area (Å²) in [6.45, 7) is 1.97. The molecule has 1 aliphatic rings. The topological polar surface area (TPSA) is 138 Å². The average molecular weight is 604 g/mol. The van der Waals surface area contributed by atoms with Gasteiger partial charge >= 0.3 is 0 Å². The average Bonchev–Trinajstić information content (AvgIpc) is 3.86. The summed E-state index contributed by atoms with van der Waals surface area (Å²) in [6.07, 6.45) is 5.46. The lowest BCUT2D eigenvalue weighted by molar-refractivity contribution is -0.119. The second kappa shape index (κ2) is 12.4. The zero-order valence-electron chi connectivity index (χ0n) is 24.2. The van der Waals surface area contributed by atoms with Gasteiger partial charge in [0.15, 0.2) is 4.90 Å². The first-order chi connectivity index (χ1) is 20.7. The summed E-state index contributed by atoms with van der Waals surface area (Å²) < 4.78 is 39.9. The second-order valence-electron chi connectivity index (χ2n) is 10.4. The Hall–Kier alpha value is -4.51. The molecule has 0 radical (unpaired) electrons. The molecule has 1 saturated carbocycles. The number of aromatic hydroxyl groups is 1. The molecule has 5 rings (SSSR count). The highest BCUT2D eigenvalue weighted by molar-refractivity contribution is 7.91. The number of aryl methyl sites for hydroxylation is 1. The van der Waals surface area contributed by atoms with Crippen LogP contribution in [0.25, 0.3) is 16.8 Å². The lowest BCUT2D eigenvalue weighted by atomic mass is 10.0. The number of sulfone groups is 1. The number of rotatable bonds is 12. The number of methoxy groups -OCH3 is 2. The smallest absolute Gasteiger partial charge is 0.281 e. The minimum absolute atomic E-state index is 0.134. The minimum Gasteiger partial charge on any atom is -0.494 e. The molecule has 11 heteroatoms. The minimum atomic E-state index is -4.52. The number of unbranched alkanes of at least 4 members (excludes halogenated alkanes) is 1. The van der Waals surface area contributed by atoms with E-state index >= 15 is 0 Å². The normalized spacial score (nSPS) is 13.1. The van der Waals surface area contributed by atoms with E-state index in [1.54, 1.807) is 42.6 Å². The van der Waals surface area contributed by atoms with Crippen LogP contribution in [0.1, 0.15) is 44.1 Å². The molecule has 4 aromatic rings. The van der Waals surface area contributed by atoms with Gasteiger partial charge < -0.3 is 14.6 Å². The molecule has 0 atom stereocenters. The number of Topliss-reactive ketones (excluding diaryl/α,β-unsaturated/α-hetero) is 1. The van der Waals surface area contributed by atoms with Crippen molar-refractivity contribution < 1.29 is 27.8 Å². The van der Waals surface area contributed by atoms with Crippen LogP contribution in [0.15, 0.2) is 75.4 Å². The van der Waals surface area contributed by atoms with Gasteiger partial charge in [-0.05, 0) is 66.8 Å². The van der Waals surface area contributed by atoms with E-state index < -0.39 is 26.2 Å². The van der Waals surface area contributed by atoms with Crippen molar-refractivity contribution in [2.24, 2.45) is 5.92 Å². The molecule has 1 fully saturated rings. The van der Waals surface area contributed by atoms with Crippen LogP contribution in [0, 0.1) is 5.92 Å². The molecule has 0 bridgehead atoms. The van der Waals surface area contributed by atoms with Crippen LogP contribution in [0.3, 0.4) is 0 Å². The van der Waals surface area contributed by atoms with Gasteiger partial charge in [0, 0.05) is 30.7 Å². The first-order valence-electron chi connectivity index (χ1n) is 14.1. The summed E-state index contributed by atoms with van der Waals surface area (Å²) in [5.74, 6) is 0.163. The number of para-hydroxylation sites is 1. The number of aromatic nitrogens is 3. The Morgan fingerprint density at radius 3 is 2.30 bits per heavy atom. The van der Waals surface area contributed by atoms with E-state index in [-0.39, 0.29) is 46.0 Å². The molecule has 2 aromatic carbocycles. The van der Waals surface area contributed by atoms with Gasteiger partial charge in [0.1, 0.15) is 28.8 Å². The van der Waals surface area contributed by atoms with Crippen LogP contribution < -0.4 is 15.0 Å². The molecule has 43 heavy (non-hydrogen) atoms. The van der Waals surface area contributed by atoms with Crippen LogP contribution in [0.5, 0.6) is 17.4 Å². The standard InChI is InChI=1S/C32H33N3O7S/c1-4-5-9-28-34-31(37)30(32(38)35(28)29-26(41-2)7-6-8-27(29)42-3)43(39,40)24-14-12-20(13-15-24)22-16-17-33-23(18-22)19-25(36)21-10-11-21/h6-8,12-18,21,37H,4-5,9-11,19H2,1-3H3. The number of pyridine rings is 1. The predicted molar refractivity (Wildman–Crippen MR) is 160 cm³/mol. The van der Waals surface area contributed by atoms with Gasteiger partial charge in [-0.1, -0.05) is 31.5 Å². The maximum atomic E-state index is 14.0. The van der Waals surface area contributed by atoms with Crippen molar-refractivity contribution in [3.8, 4) is 34.2 Å². The van der Waals surface area contributed by atoms with Gasteiger partial charge in [0.2, 0.25) is 15.7 Å². The van der Waals surface area contributed by atoms with E-state index in [1.165, 1.54) is 26.4 Å². The highest BCUT2D eigenvalue weighted by atomic mass is 32.2. The molecular weight excluding hydrogens is 570 g/mol. The summed E-state index contributed by atoms with van der Waals surface area (Å²) in [7, 11) is -1.66. The largest absolute Gasteiger partial charge is 0.494 e. The van der Waals surface area contributed by atoms with Gasteiger partial charge in [0.05, 0.1) is 19.1 Å². The molecule has 2 aromatic heterocycles. The van der Waals surface area contributed by atoms with Crippen LogP contribution in [0.2, 0.25) is 0 Å². The molecule has 1 N–H and O–H groups in total. The Morgan fingerprint density at radius 1 is 1.02 bits per heavy atom. The van der Waals surface area contributed by atoms with Gasteiger partial charge in [-0.2, -0.15) is 4.98 Å². The van der Waals surface area contributed by atoms with Crippen molar-refractivity contribution >= 4 is 15.6 Å². The van der Waals surface area contributed by atoms with E-state index in [9.17, 15) is 23.1 Å². The van der Waals surface area contributed by atoms with E-state index in [4.69, 9.17) is 9.47 Å². The Labute approximate surface area is 249 Å². The number of nitrogens with zero attached hydrogens (tertiary/aromatic N) is 3. The number of hydrogen-bond acceptors (Lipinski definition) is 9. The molecule has 0 unspecified atom stereocenters. The Bertz CT molecular complexity index is 1810. The number of carbonyl (C=O) groups excluding carboxylic acids is 1. The lowest BCUT2D eigenvalue weighted by Crippen LogP contribution is -2.29. The quantitative estimate of drug-likeness (QED) is 0.244. The summed E-state index contributed by atoms with van der Waals surface area (Å²) in [5, 5.41) is 10.9. The molecule has 224 valence electrons. The van der Waals surface area contributed by atoms with Gasteiger partial charge in [-0.3, -0.25) is 19.1 Å². The van der Waals surface area contributed by atoms with Crippen LogP contribution in [-0.2, 0) is 27.5 Å². The van der Waals surface area contributed by atoms with Crippen molar-refractivity contribution in [1.29, 1.82) is 0 Å². The molecule has 0 aliphatic heterocycles. The molecular formula is C32H33N3O7S. The van der Waals surface area contributed by atoms with Crippen LogP contribution >= 0.6 is 0 Å². The summed E-state index contributed by atoms with van der Waals surface area (Å²) >= 11 is 0. The van der Waals surface area contributed by atoms with Crippen molar-refractivity contribution in [2.45, 2.75) is 55.2 Å². The zero-order chi connectivity index (χ0) is 30.7. The van der Waals surface area contributed by atoms with E-state index in [2.05, 4.69) is 9.97 Å². The van der Waals surface area contributed by atoms with E-state index in [0.717, 1.165) is 29.4 Å². The predicted octanol–water partition coefficient (Wildman–Crippen LogP) is 4.71. The Morgan fingerprint density at radius 2 is 1.70 bits per heavy atom. The molecule has 0 spiro atoms. The first-order valence-corrected chi connectivity index (χ1v) is 15.6. The SMILES string of the molecule is CCCCc1nc(O)c(S(=O)(=O)c2ccc(-c3ccnc(CC(=O)C4CC4)c3)cc2)c(=O)n1-c1c(OC)cccc1OC. The highest BCUT2D eigenvalue weighted by Crippen LogP contribution is 2.35. The molecule has 10 nitrogen and oxygen atoms in total. The third kappa shape index (κ3) is 6.03. The monoisotopic (exact) mass is 603 g/mol. The second-order valence-corrected chi connectivity index (χ2v) is 12.3. The van der Waals surface area contributed by atoms with Crippen molar-refractivity contribution in [1.82, 2.24) is 14.5 Å². The van der Waals surface area contributed by atoms with Gasteiger partial charge in [-0.15, -0.1) is 0 Å². The fraction of sp³-hybridized carbons (Fsp3) is 0.312. The molecule has 0 amide bonds. The van der Waals surface area contributed by atoms with Crippen molar-refractivity contribution in [3.05, 3.63) is 82.7 Å². The number of ketones is 1. The van der Waals surface area contributed by atoms with Crippen molar-refractivity contribution in [2.75, 3.05) is 14.2 Å². The number of carbonyl (C=O) groups is 1. The summed E-state index contributed by atoms with van der Waals surface area (Å²) in [5.41, 5.74) is 1.35. The fourth-order valence-electron chi connectivity index (χ4n) is 4.98. The van der Waals surface area contributed by atoms with Crippen LogP contribution in [0.4, 0.5) is 0 Å². The van der Waals surface area contributed by atoms with E-state index in [0.29, 0.717) is 24.1 Å². The first kappa shape index (κ1) is 30.0. The van der Waals surface area contributed by atoms with Crippen molar-refractivity contribution in [3.63, 3.8) is 0 Å². The number of ether oxygens (including phenoxy) is 2. The lowest BCUT2D eigenvalue weighted by Gasteiger charge is -2.19. The van der Waals surface area contributed by atoms with Gasteiger partial charge in [0.25, 0.3) is 5.56 Å². The third-order valence-electron chi connectivity index (χ3n) is 7.44. The fourth-order valence-corrected chi connectivity index (χ4v) is 6.32. The molecule has 0 saturated heterocycles.